The molecule has 3 heteroatoms. The molecule has 0 spiro atoms. The molecule has 1 aromatic heterocycles. The van der Waals surface area contributed by atoms with Crippen molar-refractivity contribution in [3.8, 4) is 0 Å². The maximum absolute atomic E-state index is 5.71. The van der Waals surface area contributed by atoms with Crippen molar-refractivity contribution in [2.45, 2.75) is 39.8 Å². The molecule has 0 saturated heterocycles. The van der Waals surface area contributed by atoms with Gasteiger partial charge in [0.1, 0.15) is 0 Å². The van der Waals surface area contributed by atoms with E-state index in [1.807, 2.05) is 0 Å². The fourth-order valence-electron chi connectivity index (χ4n) is 1.38. The van der Waals surface area contributed by atoms with Crippen molar-refractivity contribution >= 4 is 11.3 Å². The molecule has 1 rings (SSSR count). The third-order valence-corrected chi connectivity index (χ3v) is 3.29. The predicted molar refractivity (Wildman–Crippen MR) is 70.9 cm³/mol. The largest absolute Gasteiger partial charge is 0.377 e. The Morgan fingerprint density at radius 3 is 2.81 bits per heavy atom. The summed E-state index contributed by atoms with van der Waals surface area (Å²) in [5, 5.41) is 5.52. The molecule has 1 aromatic rings. The van der Waals surface area contributed by atoms with Crippen molar-refractivity contribution in [2.24, 2.45) is 5.92 Å². The van der Waals surface area contributed by atoms with E-state index in [-0.39, 0.29) is 0 Å². The van der Waals surface area contributed by atoms with E-state index in [9.17, 15) is 0 Å². The van der Waals surface area contributed by atoms with Crippen LogP contribution in [0.2, 0.25) is 0 Å². The van der Waals surface area contributed by atoms with Gasteiger partial charge in [-0.2, -0.15) is 0 Å². The van der Waals surface area contributed by atoms with Gasteiger partial charge in [0, 0.05) is 24.6 Å². The number of thiophene rings is 1. The summed E-state index contributed by atoms with van der Waals surface area (Å²) in [6, 6.07) is 4.24. The zero-order valence-electron chi connectivity index (χ0n) is 10.5. The standard InChI is InChI=1S/C13H23NOS/c1-11(2)6-7-15-12(3)9-14-10-13-5-4-8-16-13/h4-5,8,11-12,14H,6-7,9-10H2,1-3H3. The lowest BCUT2D eigenvalue weighted by molar-refractivity contribution is 0.0586. The summed E-state index contributed by atoms with van der Waals surface area (Å²) in [5.41, 5.74) is 0. The Morgan fingerprint density at radius 1 is 1.38 bits per heavy atom. The molecule has 1 atom stereocenters. The molecular weight excluding hydrogens is 218 g/mol. The molecule has 0 amide bonds. The van der Waals surface area contributed by atoms with Crippen LogP contribution in [-0.2, 0) is 11.3 Å². The smallest absolute Gasteiger partial charge is 0.0671 e. The van der Waals surface area contributed by atoms with Crippen molar-refractivity contribution in [3.63, 3.8) is 0 Å². The van der Waals surface area contributed by atoms with Crippen LogP contribution in [-0.4, -0.2) is 19.3 Å². The number of hydrogen-bond donors (Lipinski definition) is 1. The van der Waals surface area contributed by atoms with Crippen molar-refractivity contribution in [2.75, 3.05) is 13.2 Å². The monoisotopic (exact) mass is 241 g/mol. The van der Waals surface area contributed by atoms with E-state index in [1.165, 1.54) is 4.88 Å². The van der Waals surface area contributed by atoms with E-state index < -0.39 is 0 Å². The van der Waals surface area contributed by atoms with Crippen molar-refractivity contribution in [1.29, 1.82) is 0 Å². The lowest BCUT2D eigenvalue weighted by Gasteiger charge is -2.14. The first-order chi connectivity index (χ1) is 7.68. The first kappa shape index (κ1) is 13.7. The summed E-state index contributed by atoms with van der Waals surface area (Å²) >= 11 is 1.79. The SMILES string of the molecule is CC(C)CCOC(C)CNCc1cccs1. The van der Waals surface area contributed by atoms with E-state index in [2.05, 4.69) is 43.6 Å². The van der Waals surface area contributed by atoms with Crippen LogP contribution in [0.5, 0.6) is 0 Å². The first-order valence-corrected chi connectivity index (χ1v) is 6.91. The van der Waals surface area contributed by atoms with Gasteiger partial charge in [-0.1, -0.05) is 19.9 Å². The Morgan fingerprint density at radius 2 is 2.19 bits per heavy atom. The highest BCUT2D eigenvalue weighted by atomic mass is 32.1. The van der Waals surface area contributed by atoms with Crippen LogP contribution in [0.25, 0.3) is 0 Å². The lowest BCUT2D eigenvalue weighted by Crippen LogP contribution is -2.26. The molecule has 0 saturated carbocycles. The van der Waals surface area contributed by atoms with Crippen molar-refractivity contribution < 1.29 is 4.74 Å². The zero-order valence-corrected chi connectivity index (χ0v) is 11.3. The van der Waals surface area contributed by atoms with Crippen LogP contribution < -0.4 is 5.32 Å². The van der Waals surface area contributed by atoms with E-state index in [0.717, 1.165) is 32.0 Å². The highest BCUT2D eigenvalue weighted by Crippen LogP contribution is 2.07. The fraction of sp³-hybridized carbons (Fsp3) is 0.692. The van der Waals surface area contributed by atoms with Gasteiger partial charge < -0.3 is 10.1 Å². The van der Waals surface area contributed by atoms with Crippen molar-refractivity contribution in [1.82, 2.24) is 5.32 Å². The van der Waals surface area contributed by atoms with E-state index >= 15 is 0 Å². The van der Waals surface area contributed by atoms with E-state index in [1.54, 1.807) is 11.3 Å². The second kappa shape index (κ2) is 7.82. The molecule has 0 aliphatic heterocycles. The fourth-order valence-corrected chi connectivity index (χ4v) is 2.05. The van der Waals surface area contributed by atoms with Crippen LogP contribution in [0.1, 0.15) is 32.1 Å². The summed E-state index contributed by atoms with van der Waals surface area (Å²) in [7, 11) is 0. The minimum absolute atomic E-state index is 0.304. The van der Waals surface area contributed by atoms with E-state index in [4.69, 9.17) is 4.74 Å². The Bertz CT molecular complexity index is 259. The van der Waals surface area contributed by atoms with Gasteiger partial charge in [-0.15, -0.1) is 11.3 Å². The van der Waals surface area contributed by atoms with Gasteiger partial charge in [-0.25, -0.2) is 0 Å². The lowest BCUT2D eigenvalue weighted by atomic mass is 10.1. The molecule has 1 N–H and O–H groups in total. The Labute approximate surface area is 103 Å². The highest BCUT2D eigenvalue weighted by molar-refractivity contribution is 7.09. The third kappa shape index (κ3) is 6.26. The third-order valence-electron chi connectivity index (χ3n) is 2.41. The maximum Gasteiger partial charge on any atom is 0.0671 e. The number of nitrogens with one attached hydrogen (secondary N) is 1. The molecule has 0 aliphatic rings. The van der Waals surface area contributed by atoms with Gasteiger partial charge in [0.25, 0.3) is 0 Å². The van der Waals surface area contributed by atoms with E-state index in [0.29, 0.717) is 6.10 Å². The van der Waals surface area contributed by atoms with Gasteiger partial charge >= 0.3 is 0 Å². The van der Waals surface area contributed by atoms with Crippen molar-refractivity contribution in [3.05, 3.63) is 22.4 Å². The maximum atomic E-state index is 5.71. The quantitative estimate of drug-likeness (QED) is 0.754. The second-order valence-corrected chi connectivity index (χ2v) is 5.61. The average molecular weight is 241 g/mol. The summed E-state index contributed by atoms with van der Waals surface area (Å²) in [5.74, 6) is 0.728. The predicted octanol–water partition coefficient (Wildman–Crippen LogP) is 3.29. The van der Waals surface area contributed by atoms with Gasteiger partial charge in [-0.05, 0) is 30.7 Å². The molecule has 2 nitrogen and oxygen atoms in total. The molecule has 0 aromatic carbocycles. The minimum atomic E-state index is 0.304. The molecule has 1 heterocycles. The highest BCUT2D eigenvalue weighted by Gasteiger charge is 2.02. The topological polar surface area (TPSA) is 21.3 Å². The minimum Gasteiger partial charge on any atom is -0.377 e. The van der Waals surface area contributed by atoms with Crippen LogP contribution in [0.3, 0.4) is 0 Å². The molecular formula is C13H23NOS. The summed E-state index contributed by atoms with van der Waals surface area (Å²) in [6.07, 6.45) is 1.45. The average Bonchev–Trinajstić information content (AvgIpc) is 2.70. The van der Waals surface area contributed by atoms with Gasteiger partial charge in [0.15, 0.2) is 0 Å². The van der Waals surface area contributed by atoms with Gasteiger partial charge in [0.2, 0.25) is 0 Å². The molecule has 92 valence electrons. The zero-order chi connectivity index (χ0) is 11.8. The first-order valence-electron chi connectivity index (χ1n) is 6.03. The summed E-state index contributed by atoms with van der Waals surface area (Å²) in [6.45, 7) is 9.33. The van der Waals surface area contributed by atoms with Crippen LogP contribution in [0.15, 0.2) is 17.5 Å². The summed E-state index contributed by atoms with van der Waals surface area (Å²) in [4.78, 5) is 1.38. The number of rotatable bonds is 8. The Hall–Kier alpha value is -0.380. The number of hydrogen-bond acceptors (Lipinski definition) is 3. The van der Waals surface area contributed by atoms with Gasteiger partial charge in [0.05, 0.1) is 6.10 Å². The second-order valence-electron chi connectivity index (χ2n) is 4.57. The molecule has 16 heavy (non-hydrogen) atoms. The number of ether oxygens (including phenoxy) is 1. The van der Waals surface area contributed by atoms with Gasteiger partial charge in [-0.3, -0.25) is 0 Å². The molecule has 0 fully saturated rings. The summed E-state index contributed by atoms with van der Waals surface area (Å²) < 4.78 is 5.71. The van der Waals surface area contributed by atoms with Crippen LogP contribution in [0, 0.1) is 5.92 Å². The van der Waals surface area contributed by atoms with Crippen LogP contribution >= 0.6 is 11.3 Å². The normalized spacial score (nSPS) is 13.2. The molecule has 0 radical (unpaired) electrons. The Balaban J connectivity index is 2.00. The molecule has 0 aliphatic carbocycles. The Kier molecular flexibility index (Phi) is 6.69. The molecule has 0 bridgehead atoms. The van der Waals surface area contributed by atoms with Crippen LogP contribution in [0.4, 0.5) is 0 Å². The molecule has 1 unspecified atom stereocenters.